The molecule has 0 spiro atoms. The molecule has 0 bridgehead atoms. The number of aryl methyl sites for hydroxylation is 1. The number of nitrogens with zero attached hydrogens (tertiary/aromatic N) is 3. The second kappa shape index (κ2) is 6.58. The summed E-state index contributed by atoms with van der Waals surface area (Å²) in [5.74, 6) is 1.43. The highest BCUT2D eigenvalue weighted by Crippen LogP contribution is 2.15. The van der Waals surface area contributed by atoms with Crippen molar-refractivity contribution >= 4 is 5.91 Å². The lowest BCUT2D eigenvalue weighted by molar-refractivity contribution is 0.0662. The molecule has 6 nitrogen and oxygen atoms in total. The summed E-state index contributed by atoms with van der Waals surface area (Å²) < 4.78 is 7.34. The summed E-state index contributed by atoms with van der Waals surface area (Å²) in [4.78, 5) is 18.8. The molecule has 2 aromatic rings. The molecule has 2 aromatic heterocycles. The smallest absolute Gasteiger partial charge is 0.289 e. The van der Waals surface area contributed by atoms with E-state index in [4.69, 9.17) is 4.42 Å². The van der Waals surface area contributed by atoms with E-state index in [-0.39, 0.29) is 5.91 Å². The topological polar surface area (TPSA) is 63.3 Å². The van der Waals surface area contributed by atoms with Gasteiger partial charge in [0.15, 0.2) is 5.76 Å². The number of hydrogen-bond donors (Lipinski definition) is 1. The van der Waals surface area contributed by atoms with Gasteiger partial charge in [-0.1, -0.05) is 0 Å². The van der Waals surface area contributed by atoms with Crippen LogP contribution in [0.2, 0.25) is 0 Å². The van der Waals surface area contributed by atoms with Crippen molar-refractivity contribution in [3.05, 3.63) is 41.4 Å². The zero-order chi connectivity index (χ0) is 16.4. The first-order chi connectivity index (χ1) is 11.1. The van der Waals surface area contributed by atoms with Crippen LogP contribution in [0.15, 0.2) is 22.8 Å². The lowest BCUT2D eigenvalue weighted by Crippen LogP contribution is -2.47. The number of rotatable bonds is 4. The maximum atomic E-state index is 12.4. The minimum absolute atomic E-state index is 0.0230. The van der Waals surface area contributed by atoms with Gasteiger partial charge in [-0.15, -0.1) is 0 Å². The maximum Gasteiger partial charge on any atom is 0.289 e. The van der Waals surface area contributed by atoms with Gasteiger partial charge in [0.25, 0.3) is 5.91 Å². The van der Waals surface area contributed by atoms with Crippen molar-refractivity contribution in [1.82, 2.24) is 19.8 Å². The Hall–Kier alpha value is -2.08. The van der Waals surface area contributed by atoms with Gasteiger partial charge in [-0.2, -0.15) is 0 Å². The molecular formula is C17H24N4O2. The van der Waals surface area contributed by atoms with Crippen molar-refractivity contribution in [3.8, 4) is 0 Å². The summed E-state index contributed by atoms with van der Waals surface area (Å²) in [6, 6.07) is 3.76. The molecule has 1 saturated heterocycles. The summed E-state index contributed by atoms with van der Waals surface area (Å²) in [6.07, 6.45) is 3.62. The molecule has 1 N–H and O–H groups in total. The molecule has 1 atom stereocenters. The van der Waals surface area contributed by atoms with Crippen LogP contribution in [0.1, 0.15) is 40.6 Å². The van der Waals surface area contributed by atoms with Crippen LogP contribution in [-0.4, -0.2) is 39.5 Å². The second-order valence-electron chi connectivity index (χ2n) is 6.21. The first kappa shape index (κ1) is 15.8. The molecule has 3 rings (SSSR count). The molecule has 124 valence electrons. The zero-order valence-corrected chi connectivity index (χ0v) is 14.0. The first-order valence-electron chi connectivity index (χ1n) is 8.11. The van der Waals surface area contributed by atoms with E-state index in [1.165, 1.54) is 5.69 Å². The number of piperidine rings is 1. The van der Waals surface area contributed by atoms with E-state index in [0.717, 1.165) is 37.4 Å². The average Bonchev–Trinajstić information content (AvgIpc) is 3.18. The quantitative estimate of drug-likeness (QED) is 0.937. The largest absolute Gasteiger partial charge is 0.459 e. The molecule has 23 heavy (non-hydrogen) atoms. The number of likely N-dealkylation sites (tertiary alicyclic amines) is 1. The predicted octanol–water partition coefficient (Wildman–Crippen LogP) is 2.02. The molecular weight excluding hydrogens is 292 g/mol. The summed E-state index contributed by atoms with van der Waals surface area (Å²) in [5, 5.41) is 3.54. The number of imidazole rings is 1. The van der Waals surface area contributed by atoms with Crippen LogP contribution in [0.4, 0.5) is 0 Å². The molecule has 1 aliphatic heterocycles. The van der Waals surface area contributed by atoms with Crippen LogP contribution in [0.5, 0.6) is 0 Å². The van der Waals surface area contributed by atoms with Crippen molar-refractivity contribution in [2.24, 2.45) is 7.05 Å². The third-order valence-electron chi connectivity index (χ3n) is 4.70. The number of carbonyl (C=O) groups is 1. The molecule has 1 fully saturated rings. The van der Waals surface area contributed by atoms with Crippen molar-refractivity contribution in [1.29, 1.82) is 0 Å². The molecule has 0 radical (unpaired) electrons. The monoisotopic (exact) mass is 316 g/mol. The lowest BCUT2D eigenvalue weighted by Gasteiger charge is -2.32. The van der Waals surface area contributed by atoms with Crippen molar-refractivity contribution < 1.29 is 9.21 Å². The van der Waals surface area contributed by atoms with E-state index < -0.39 is 0 Å². The molecule has 6 heteroatoms. The van der Waals surface area contributed by atoms with E-state index in [0.29, 0.717) is 18.3 Å². The Balaban J connectivity index is 1.58. The fraction of sp³-hybridized carbons (Fsp3) is 0.529. The zero-order valence-electron chi connectivity index (χ0n) is 14.0. The van der Waals surface area contributed by atoms with Crippen molar-refractivity contribution in [3.63, 3.8) is 0 Å². The first-order valence-corrected chi connectivity index (χ1v) is 8.11. The fourth-order valence-electron chi connectivity index (χ4n) is 3.06. The second-order valence-corrected chi connectivity index (χ2v) is 6.21. The Kier molecular flexibility index (Phi) is 4.52. The molecule has 0 saturated carbocycles. The van der Waals surface area contributed by atoms with Gasteiger partial charge < -0.3 is 19.2 Å². The number of amides is 1. The standard InChI is InChI=1S/C17H24N4O2/c1-12-13(2)20(3)16(19-12)10-18-14-6-4-8-21(11-14)17(22)15-7-5-9-23-15/h5,7,9,14,18H,4,6,8,10-11H2,1-3H3. The van der Waals surface area contributed by atoms with Crippen LogP contribution >= 0.6 is 0 Å². The Morgan fingerprint density at radius 1 is 1.48 bits per heavy atom. The normalized spacial score (nSPS) is 18.4. The molecule has 1 amide bonds. The summed E-state index contributed by atoms with van der Waals surface area (Å²) in [7, 11) is 2.04. The number of nitrogens with one attached hydrogen (secondary N) is 1. The van der Waals surface area contributed by atoms with Crippen LogP contribution in [-0.2, 0) is 13.6 Å². The van der Waals surface area contributed by atoms with Gasteiger partial charge in [-0.05, 0) is 38.8 Å². The minimum atomic E-state index is -0.0230. The molecule has 0 aromatic carbocycles. The van der Waals surface area contributed by atoms with Crippen molar-refractivity contribution in [2.75, 3.05) is 13.1 Å². The molecule has 1 aliphatic rings. The van der Waals surface area contributed by atoms with Gasteiger partial charge in [0.1, 0.15) is 5.82 Å². The van der Waals surface area contributed by atoms with Crippen molar-refractivity contribution in [2.45, 2.75) is 39.3 Å². The number of furan rings is 1. The Morgan fingerprint density at radius 2 is 2.30 bits per heavy atom. The maximum absolute atomic E-state index is 12.4. The number of aromatic nitrogens is 2. The van der Waals surface area contributed by atoms with Gasteiger partial charge >= 0.3 is 0 Å². The Labute approximate surface area is 136 Å². The Morgan fingerprint density at radius 3 is 2.96 bits per heavy atom. The van der Waals surface area contributed by atoms with E-state index in [2.05, 4.69) is 21.8 Å². The van der Waals surface area contributed by atoms with Gasteiger partial charge in [0, 0.05) is 31.9 Å². The summed E-state index contributed by atoms with van der Waals surface area (Å²) in [5.41, 5.74) is 2.27. The van der Waals surface area contributed by atoms with E-state index >= 15 is 0 Å². The highest BCUT2D eigenvalue weighted by Gasteiger charge is 2.25. The van der Waals surface area contributed by atoms with E-state index in [1.807, 2.05) is 18.9 Å². The fourth-order valence-corrected chi connectivity index (χ4v) is 3.06. The molecule has 1 unspecified atom stereocenters. The summed E-state index contributed by atoms with van der Waals surface area (Å²) in [6.45, 7) is 6.33. The van der Waals surface area contributed by atoms with Crippen LogP contribution < -0.4 is 5.32 Å². The third-order valence-corrected chi connectivity index (χ3v) is 4.70. The van der Waals surface area contributed by atoms with Crippen LogP contribution in [0.25, 0.3) is 0 Å². The third kappa shape index (κ3) is 3.32. The van der Waals surface area contributed by atoms with Gasteiger partial charge in [-0.25, -0.2) is 4.98 Å². The highest BCUT2D eigenvalue weighted by atomic mass is 16.3. The Bertz CT molecular complexity index is 675. The molecule has 0 aliphatic carbocycles. The van der Waals surface area contributed by atoms with Gasteiger partial charge in [0.05, 0.1) is 18.5 Å². The van der Waals surface area contributed by atoms with Crippen LogP contribution in [0.3, 0.4) is 0 Å². The summed E-state index contributed by atoms with van der Waals surface area (Å²) >= 11 is 0. The van der Waals surface area contributed by atoms with Gasteiger partial charge in [-0.3, -0.25) is 4.79 Å². The predicted molar refractivity (Wildman–Crippen MR) is 87.2 cm³/mol. The number of hydrogen-bond acceptors (Lipinski definition) is 4. The number of carbonyl (C=O) groups excluding carboxylic acids is 1. The average molecular weight is 316 g/mol. The van der Waals surface area contributed by atoms with Crippen LogP contribution in [0, 0.1) is 13.8 Å². The van der Waals surface area contributed by atoms with E-state index in [1.54, 1.807) is 18.4 Å². The highest BCUT2D eigenvalue weighted by molar-refractivity contribution is 5.91. The van der Waals surface area contributed by atoms with Gasteiger partial charge in [0.2, 0.25) is 0 Å². The SMILES string of the molecule is Cc1nc(CNC2CCCN(C(=O)c3ccco3)C2)n(C)c1C. The molecule has 3 heterocycles. The minimum Gasteiger partial charge on any atom is -0.459 e. The lowest BCUT2D eigenvalue weighted by atomic mass is 10.1. The van der Waals surface area contributed by atoms with E-state index in [9.17, 15) is 4.79 Å².